The molecule has 0 aliphatic carbocycles. The van der Waals surface area contributed by atoms with Crippen LogP contribution in [-0.4, -0.2) is 48.6 Å². The maximum absolute atomic E-state index is 12.6. The molecular formula is C12H23ClN2O2S. The number of hydrogen-bond donors (Lipinski definition) is 0. The van der Waals surface area contributed by atoms with E-state index in [2.05, 4.69) is 13.8 Å². The average molecular weight is 295 g/mol. The molecule has 2 aliphatic heterocycles. The van der Waals surface area contributed by atoms with Crippen molar-refractivity contribution in [2.45, 2.75) is 39.2 Å². The van der Waals surface area contributed by atoms with Gasteiger partial charge in [0.25, 0.3) is 10.2 Å². The van der Waals surface area contributed by atoms with E-state index in [0.29, 0.717) is 37.4 Å². The number of nitrogens with zero attached hydrogens (tertiary/aromatic N) is 2. The van der Waals surface area contributed by atoms with E-state index in [1.807, 2.05) is 0 Å². The Hall–Kier alpha value is 0.160. The van der Waals surface area contributed by atoms with Gasteiger partial charge >= 0.3 is 0 Å². The highest BCUT2D eigenvalue weighted by Gasteiger charge is 2.40. The second-order valence-corrected chi connectivity index (χ2v) is 7.88. The SMILES string of the molecule is CC1CN(S(=O)(=O)N2CCCCC2CCl)CC1C. The molecule has 0 radical (unpaired) electrons. The molecular weight excluding hydrogens is 272 g/mol. The third-order valence-corrected chi connectivity index (χ3v) is 6.71. The highest BCUT2D eigenvalue weighted by Crippen LogP contribution is 2.29. The third kappa shape index (κ3) is 2.69. The Balaban J connectivity index is 2.14. The fraction of sp³-hybridized carbons (Fsp3) is 1.00. The minimum atomic E-state index is -3.31. The third-order valence-electron chi connectivity index (χ3n) is 4.33. The minimum Gasteiger partial charge on any atom is -0.195 e. The fourth-order valence-corrected chi connectivity index (χ4v) is 5.31. The van der Waals surface area contributed by atoms with Crippen LogP contribution >= 0.6 is 11.6 Å². The van der Waals surface area contributed by atoms with Crippen molar-refractivity contribution in [1.29, 1.82) is 0 Å². The van der Waals surface area contributed by atoms with Gasteiger partial charge in [0, 0.05) is 31.6 Å². The van der Waals surface area contributed by atoms with Crippen LogP contribution in [0.4, 0.5) is 0 Å². The Morgan fingerprint density at radius 1 is 1.17 bits per heavy atom. The highest BCUT2D eigenvalue weighted by atomic mass is 35.5. The standard InChI is InChI=1S/C12H23ClN2O2S/c1-10-8-14(9-11(10)2)18(16,17)15-6-4-3-5-12(15)7-13/h10-12H,3-9H2,1-2H3. The Bertz CT molecular complexity index is 378. The van der Waals surface area contributed by atoms with E-state index in [1.54, 1.807) is 8.61 Å². The summed E-state index contributed by atoms with van der Waals surface area (Å²) < 4.78 is 28.6. The van der Waals surface area contributed by atoms with Crippen LogP contribution in [0, 0.1) is 11.8 Å². The van der Waals surface area contributed by atoms with Crippen LogP contribution in [-0.2, 0) is 10.2 Å². The molecule has 0 N–H and O–H groups in total. The second kappa shape index (κ2) is 5.65. The summed E-state index contributed by atoms with van der Waals surface area (Å²) in [6.07, 6.45) is 2.92. The zero-order valence-electron chi connectivity index (χ0n) is 11.2. The first-order valence-electron chi connectivity index (χ1n) is 6.79. The molecule has 0 aromatic carbocycles. The summed E-state index contributed by atoms with van der Waals surface area (Å²) in [4.78, 5) is 0. The van der Waals surface area contributed by atoms with Gasteiger partial charge < -0.3 is 0 Å². The summed E-state index contributed by atoms with van der Waals surface area (Å²) in [7, 11) is -3.31. The lowest BCUT2D eigenvalue weighted by molar-refractivity contribution is 0.251. The van der Waals surface area contributed by atoms with E-state index >= 15 is 0 Å². The quantitative estimate of drug-likeness (QED) is 0.746. The zero-order chi connectivity index (χ0) is 13.3. The Kier molecular flexibility index (Phi) is 4.57. The van der Waals surface area contributed by atoms with Crippen molar-refractivity contribution in [3.8, 4) is 0 Å². The molecule has 3 atom stereocenters. The molecule has 3 unspecified atom stereocenters. The summed E-state index contributed by atoms with van der Waals surface area (Å²) in [6, 6.07) is -0.0170. The van der Waals surface area contributed by atoms with Gasteiger partial charge in [0.1, 0.15) is 0 Å². The van der Waals surface area contributed by atoms with Crippen LogP contribution in [0.1, 0.15) is 33.1 Å². The highest BCUT2D eigenvalue weighted by molar-refractivity contribution is 7.86. The molecule has 2 saturated heterocycles. The topological polar surface area (TPSA) is 40.6 Å². The normalized spacial score (nSPS) is 36.1. The molecule has 0 spiro atoms. The first-order chi connectivity index (χ1) is 8.46. The second-order valence-electron chi connectivity index (χ2n) is 5.69. The number of halogens is 1. The molecule has 2 aliphatic rings. The van der Waals surface area contributed by atoms with Gasteiger partial charge in [-0.3, -0.25) is 0 Å². The van der Waals surface area contributed by atoms with E-state index in [9.17, 15) is 8.42 Å². The van der Waals surface area contributed by atoms with E-state index in [1.165, 1.54) is 0 Å². The van der Waals surface area contributed by atoms with Crippen LogP contribution in [0.2, 0.25) is 0 Å². The summed E-state index contributed by atoms with van der Waals surface area (Å²) >= 11 is 5.92. The smallest absolute Gasteiger partial charge is 0.195 e. The molecule has 2 rings (SSSR count). The van der Waals surface area contributed by atoms with Crippen molar-refractivity contribution in [2.75, 3.05) is 25.5 Å². The van der Waals surface area contributed by atoms with Crippen LogP contribution in [0.15, 0.2) is 0 Å². The molecule has 0 saturated carbocycles. The fourth-order valence-electron chi connectivity index (χ4n) is 2.85. The minimum absolute atomic E-state index is 0.0170. The van der Waals surface area contributed by atoms with Gasteiger partial charge in [-0.1, -0.05) is 20.3 Å². The van der Waals surface area contributed by atoms with Crippen molar-refractivity contribution in [3.05, 3.63) is 0 Å². The maximum Gasteiger partial charge on any atom is 0.282 e. The van der Waals surface area contributed by atoms with Crippen molar-refractivity contribution >= 4 is 21.8 Å². The number of rotatable bonds is 3. The molecule has 4 nitrogen and oxygen atoms in total. The van der Waals surface area contributed by atoms with Gasteiger partial charge in [0.05, 0.1) is 0 Å². The molecule has 0 aromatic heterocycles. The number of hydrogen-bond acceptors (Lipinski definition) is 2. The molecule has 0 amide bonds. The average Bonchev–Trinajstić information content (AvgIpc) is 2.70. The largest absolute Gasteiger partial charge is 0.282 e. The first-order valence-corrected chi connectivity index (χ1v) is 8.73. The number of piperidine rings is 1. The van der Waals surface area contributed by atoms with E-state index in [4.69, 9.17) is 11.6 Å². The molecule has 106 valence electrons. The van der Waals surface area contributed by atoms with Crippen LogP contribution in [0.3, 0.4) is 0 Å². The van der Waals surface area contributed by atoms with Crippen LogP contribution < -0.4 is 0 Å². The van der Waals surface area contributed by atoms with Crippen molar-refractivity contribution < 1.29 is 8.42 Å². The Morgan fingerprint density at radius 3 is 2.33 bits per heavy atom. The zero-order valence-corrected chi connectivity index (χ0v) is 12.8. The van der Waals surface area contributed by atoms with Gasteiger partial charge in [-0.2, -0.15) is 17.0 Å². The number of alkyl halides is 1. The van der Waals surface area contributed by atoms with Gasteiger partial charge in [-0.15, -0.1) is 11.6 Å². The lowest BCUT2D eigenvalue weighted by Crippen LogP contribution is -2.50. The molecule has 2 fully saturated rings. The van der Waals surface area contributed by atoms with Crippen LogP contribution in [0.5, 0.6) is 0 Å². The summed E-state index contributed by atoms with van der Waals surface area (Å²) in [5.74, 6) is 1.29. The van der Waals surface area contributed by atoms with E-state index in [-0.39, 0.29) is 6.04 Å². The predicted octanol–water partition coefficient (Wildman–Crippen LogP) is 1.91. The van der Waals surface area contributed by atoms with E-state index < -0.39 is 10.2 Å². The summed E-state index contributed by atoms with van der Waals surface area (Å²) in [5, 5.41) is 0. The Labute approximate surface area is 115 Å². The molecule has 0 aromatic rings. The van der Waals surface area contributed by atoms with Crippen LogP contribution in [0.25, 0.3) is 0 Å². The Morgan fingerprint density at radius 2 is 1.78 bits per heavy atom. The molecule has 18 heavy (non-hydrogen) atoms. The lowest BCUT2D eigenvalue weighted by Gasteiger charge is -2.36. The van der Waals surface area contributed by atoms with Crippen molar-refractivity contribution in [2.24, 2.45) is 11.8 Å². The molecule has 0 bridgehead atoms. The first kappa shape index (κ1) is 14.6. The summed E-state index contributed by atoms with van der Waals surface area (Å²) in [6.45, 7) is 6.16. The lowest BCUT2D eigenvalue weighted by atomic mass is 10.0. The van der Waals surface area contributed by atoms with Gasteiger partial charge in [-0.25, -0.2) is 0 Å². The van der Waals surface area contributed by atoms with Gasteiger partial charge in [0.15, 0.2) is 0 Å². The summed E-state index contributed by atoms with van der Waals surface area (Å²) in [5.41, 5.74) is 0. The van der Waals surface area contributed by atoms with Crippen molar-refractivity contribution in [1.82, 2.24) is 8.61 Å². The molecule has 2 heterocycles. The van der Waals surface area contributed by atoms with Gasteiger partial charge in [-0.05, 0) is 24.7 Å². The van der Waals surface area contributed by atoms with Crippen molar-refractivity contribution in [3.63, 3.8) is 0 Å². The van der Waals surface area contributed by atoms with Gasteiger partial charge in [0.2, 0.25) is 0 Å². The van der Waals surface area contributed by atoms with E-state index in [0.717, 1.165) is 19.3 Å². The predicted molar refractivity (Wildman–Crippen MR) is 73.9 cm³/mol. The molecule has 6 heteroatoms. The maximum atomic E-state index is 12.6. The monoisotopic (exact) mass is 294 g/mol.